The molecule has 2 unspecified atom stereocenters. The standard InChI is InChI=1S/C56H99NO7/c1-6-8-10-12-14-16-18-20-22-24-26-27-29-31-33-35-37-39-41-43-45-47-55(59)64-52(50-62-49-48-53(56(60)61)57(3,4)5)51-63-54(58)46-44-42-40-38-36-34-32-30-28-25-23-21-19-17-15-13-11-9-7-2/h14,16,20,22,26-27,31,33,37,39,52-53H,6-13,15,17-19,21,23-25,28-30,32,34-36,38,40-51H2,1-5H3/p+1/b16-14+,22-20+,27-26+,33-31+,39-37+. The minimum atomic E-state index is -0.881. The highest BCUT2D eigenvalue weighted by molar-refractivity contribution is 5.72. The summed E-state index contributed by atoms with van der Waals surface area (Å²) in [6.45, 7) is 4.69. The van der Waals surface area contributed by atoms with Crippen molar-refractivity contribution in [3.05, 3.63) is 60.8 Å². The van der Waals surface area contributed by atoms with Crippen LogP contribution in [0.1, 0.15) is 226 Å². The molecule has 8 heteroatoms. The van der Waals surface area contributed by atoms with E-state index in [1.54, 1.807) is 0 Å². The Hall–Kier alpha value is -2.97. The molecule has 370 valence electrons. The number of carbonyl (C=O) groups is 3. The zero-order valence-corrected chi connectivity index (χ0v) is 42.2. The van der Waals surface area contributed by atoms with Gasteiger partial charge in [-0.1, -0.05) is 203 Å². The number of aliphatic carboxylic acids is 1. The highest BCUT2D eigenvalue weighted by Crippen LogP contribution is 2.16. The van der Waals surface area contributed by atoms with Crippen LogP contribution in [0.25, 0.3) is 0 Å². The van der Waals surface area contributed by atoms with Crippen molar-refractivity contribution in [3.8, 4) is 0 Å². The van der Waals surface area contributed by atoms with Crippen molar-refractivity contribution in [2.75, 3.05) is 41.0 Å². The number of ether oxygens (including phenoxy) is 3. The fourth-order valence-corrected chi connectivity index (χ4v) is 7.58. The van der Waals surface area contributed by atoms with E-state index in [1.165, 1.54) is 128 Å². The molecule has 0 amide bonds. The summed E-state index contributed by atoms with van der Waals surface area (Å²) in [5.41, 5.74) is 0. The third kappa shape index (κ3) is 44.2. The van der Waals surface area contributed by atoms with Crippen LogP contribution in [-0.4, -0.2) is 80.6 Å². The van der Waals surface area contributed by atoms with Crippen LogP contribution in [0.4, 0.5) is 0 Å². The normalized spacial score (nSPS) is 13.3. The van der Waals surface area contributed by atoms with Gasteiger partial charge in [0.1, 0.15) is 6.61 Å². The van der Waals surface area contributed by atoms with Crippen LogP contribution in [0.3, 0.4) is 0 Å². The van der Waals surface area contributed by atoms with Gasteiger partial charge in [-0.15, -0.1) is 0 Å². The number of quaternary nitrogens is 1. The van der Waals surface area contributed by atoms with E-state index in [0.29, 0.717) is 19.3 Å². The number of esters is 2. The summed E-state index contributed by atoms with van der Waals surface area (Å²) in [5.74, 6) is -1.52. The van der Waals surface area contributed by atoms with Gasteiger partial charge in [-0.2, -0.15) is 0 Å². The van der Waals surface area contributed by atoms with Crippen molar-refractivity contribution in [1.82, 2.24) is 0 Å². The maximum atomic E-state index is 12.8. The lowest BCUT2D eigenvalue weighted by Crippen LogP contribution is -2.50. The van der Waals surface area contributed by atoms with Crippen LogP contribution in [-0.2, 0) is 28.6 Å². The molecule has 0 aromatic heterocycles. The van der Waals surface area contributed by atoms with Crippen molar-refractivity contribution in [3.63, 3.8) is 0 Å². The van der Waals surface area contributed by atoms with Gasteiger partial charge in [0.2, 0.25) is 0 Å². The fraction of sp³-hybridized carbons (Fsp3) is 0.768. The van der Waals surface area contributed by atoms with Crippen LogP contribution < -0.4 is 0 Å². The number of allylic oxidation sites excluding steroid dienone is 10. The minimum absolute atomic E-state index is 0.0436. The van der Waals surface area contributed by atoms with E-state index in [2.05, 4.69) is 74.6 Å². The first kappa shape index (κ1) is 61.0. The number of carboxylic acid groups (broad SMARTS) is 1. The maximum absolute atomic E-state index is 12.8. The van der Waals surface area contributed by atoms with Gasteiger partial charge in [-0.05, 0) is 64.2 Å². The molecule has 0 radical (unpaired) electrons. The second kappa shape index (κ2) is 46.6. The number of nitrogens with zero attached hydrogens (tertiary/aromatic N) is 1. The average Bonchev–Trinajstić information content (AvgIpc) is 3.26. The van der Waals surface area contributed by atoms with Crippen LogP contribution in [0.15, 0.2) is 60.8 Å². The molecular formula is C56H100NO7+. The lowest BCUT2D eigenvalue weighted by atomic mass is 10.0. The zero-order chi connectivity index (χ0) is 47.0. The molecule has 0 rings (SSSR count). The Balaban J connectivity index is 4.32. The van der Waals surface area contributed by atoms with E-state index in [9.17, 15) is 19.5 Å². The zero-order valence-electron chi connectivity index (χ0n) is 42.2. The highest BCUT2D eigenvalue weighted by Gasteiger charge is 2.31. The molecular weight excluding hydrogens is 799 g/mol. The van der Waals surface area contributed by atoms with Gasteiger partial charge in [0.05, 0.1) is 34.4 Å². The largest absolute Gasteiger partial charge is 0.477 e. The van der Waals surface area contributed by atoms with E-state index < -0.39 is 18.1 Å². The molecule has 0 aromatic carbocycles. The molecule has 0 fully saturated rings. The quantitative estimate of drug-likeness (QED) is 0.0281. The number of hydrogen-bond acceptors (Lipinski definition) is 6. The Kier molecular flexibility index (Phi) is 44.4. The van der Waals surface area contributed by atoms with Crippen molar-refractivity contribution in [2.24, 2.45) is 0 Å². The van der Waals surface area contributed by atoms with Gasteiger partial charge in [0.25, 0.3) is 0 Å². The first-order valence-corrected chi connectivity index (χ1v) is 26.3. The topological polar surface area (TPSA) is 99.1 Å². The Labute approximate surface area is 394 Å². The van der Waals surface area contributed by atoms with Gasteiger partial charge in [0.15, 0.2) is 12.1 Å². The van der Waals surface area contributed by atoms with Crippen molar-refractivity contribution in [1.29, 1.82) is 0 Å². The summed E-state index contributed by atoms with van der Waals surface area (Å²) in [7, 11) is 5.52. The lowest BCUT2D eigenvalue weighted by molar-refractivity contribution is -0.887. The first-order chi connectivity index (χ1) is 31.1. The van der Waals surface area contributed by atoms with E-state index in [0.717, 1.165) is 57.8 Å². The predicted molar refractivity (Wildman–Crippen MR) is 271 cm³/mol. The van der Waals surface area contributed by atoms with E-state index in [-0.39, 0.29) is 42.7 Å². The van der Waals surface area contributed by atoms with E-state index >= 15 is 0 Å². The van der Waals surface area contributed by atoms with Crippen molar-refractivity contribution < 1.29 is 38.2 Å². The molecule has 2 atom stereocenters. The molecule has 0 aliphatic carbocycles. The fourth-order valence-electron chi connectivity index (χ4n) is 7.58. The minimum Gasteiger partial charge on any atom is -0.477 e. The van der Waals surface area contributed by atoms with Crippen LogP contribution in [0.2, 0.25) is 0 Å². The number of rotatable bonds is 47. The molecule has 0 saturated carbocycles. The van der Waals surface area contributed by atoms with Crippen LogP contribution in [0.5, 0.6) is 0 Å². The molecule has 0 aliphatic rings. The van der Waals surface area contributed by atoms with Gasteiger partial charge in [-0.25, -0.2) is 4.79 Å². The Morgan fingerprint density at radius 1 is 0.469 bits per heavy atom. The molecule has 0 spiro atoms. The molecule has 0 aromatic rings. The van der Waals surface area contributed by atoms with Crippen LogP contribution >= 0.6 is 0 Å². The molecule has 8 nitrogen and oxygen atoms in total. The first-order valence-electron chi connectivity index (χ1n) is 26.3. The molecule has 0 heterocycles. The van der Waals surface area contributed by atoms with Crippen molar-refractivity contribution in [2.45, 2.75) is 238 Å². The molecule has 64 heavy (non-hydrogen) atoms. The average molecular weight is 899 g/mol. The van der Waals surface area contributed by atoms with Gasteiger partial charge >= 0.3 is 17.9 Å². The molecule has 0 bridgehead atoms. The Morgan fingerprint density at radius 2 is 0.828 bits per heavy atom. The highest BCUT2D eigenvalue weighted by atomic mass is 16.6. The summed E-state index contributed by atoms with van der Waals surface area (Å²) in [6.07, 6.45) is 58.5. The summed E-state index contributed by atoms with van der Waals surface area (Å²) in [4.78, 5) is 37.2. The summed E-state index contributed by atoms with van der Waals surface area (Å²) >= 11 is 0. The SMILES string of the molecule is CCCCC/C=C/C/C=C/C/C=C/C/C=C/C/C=C/CCCCC(=O)OC(COCCC(C(=O)O)[N+](C)(C)C)COC(=O)CCCCCCCCCCCCCCCCCCCCC. The Morgan fingerprint density at radius 3 is 1.25 bits per heavy atom. The summed E-state index contributed by atoms with van der Waals surface area (Å²) < 4.78 is 17.3. The second-order valence-corrected chi connectivity index (χ2v) is 18.8. The number of hydrogen-bond donors (Lipinski definition) is 1. The number of carboxylic acids is 1. The molecule has 0 aliphatic heterocycles. The summed E-state index contributed by atoms with van der Waals surface area (Å²) in [6, 6.07) is -0.625. The number of likely N-dealkylation sites (N-methyl/N-ethyl adjacent to an activating group) is 1. The number of unbranched alkanes of at least 4 members (excludes halogenated alkanes) is 23. The summed E-state index contributed by atoms with van der Waals surface area (Å²) in [5, 5.41) is 9.66. The number of carbonyl (C=O) groups excluding carboxylic acids is 2. The monoisotopic (exact) mass is 899 g/mol. The second-order valence-electron chi connectivity index (χ2n) is 18.8. The lowest BCUT2D eigenvalue weighted by Gasteiger charge is -2.31. The third-order valence-corrected chi connectivity index (χ3v) is 11.7. The molecule has 0 saturated heterocycles. The van der Waals surface area contributed by atoms with Crippen molar-refractivity contribution >= 4 is 17.9 Å². The smallest absolute Gasteiger partial charge is 0.362 e. The maximum Gasteiger partial charge on any atom is 0.362 e. The van der Waals surface area contributed by atoms with Crippen LogP contribution in [0, 0.1) is 0 Å². The Bertz CT molecular complexity index is 1230. The van der Waals surface area contributed by atoms with Gasteiger partial charge < -0.3 is 23.8 Å². The molecule has 1 N–H and O–H groups in total. The van der Waals surface area contributed by atoms with E-state index in [1.807, 2.05) is 21.1 Å². The van der Waals surface area contributed by atoms with E-state index in [4.69, 9.17) is 14.2 Å². The van der Waals surface area contributed by atoms with Gasteiger partial charge in [0, 0.05) is 19.3 Å². The predicted octanol–water partition coefficient (Wildman–Crippen LogP) is 15.3. The third-order valence-electron chi connectivity index (χ3n) is 11.7. The van der Waals surface area contributed by atoms with Gasteiger partial charge in [-0.3, -0.25) is 9.59 Å².